The molecule has 0 aliphatic rings. The second-order valence-electron chi connectivity index (χ2n) is 5.88. The van der Waals surface area contributed by atoms with Gasteiger partial charge in [-0.1, -0.05) is 24.6 Å². The molecule has 150 valence electrons. The molecule has 0 saturated carbocycles. The van der Waals surface area contributed by atoms with Crippen molar-refractivity contribution in [1.82, 2.24) is 0 Å². The van der Waals surface area contributed by atoms with Gasteiger partial charge in [0.15, 0.2) is 0 Å². The van der Waals surface area contributed by atoms with Gasteiger partial charge < -0.3 is 9.47 Å². The van der Waals surface area contributed by atoms with Crippen molar-refractivity contribution in [3.63, 3.8) is 0 Å². The molecule has 0 spiro atoms. The van der Waals surface area contributed by atoms with Crippen LogP contribution in [0, 0.1) is 0 Å². The fraction of sp³-hybridized carbons (Fsp3) is 0.300. The zero-order valence-corrected chi connectivity index (χ0v) is 15.6. The SMILES string of the molecule is O=C(CCCCCCl)Oc1cccc(OC(=O)c2ccccc2C(F)(F)F)c1. The normalized spacial score (nSPS) is 11.1. The summed E-state index contributed by atoms with van der Waals surface area (Å²) in [6.07, 6.45) is -2.24. The van der Waals surface area contributed by atoms with Crippen molar-refractivity contribution in [3.05, 3.63) is 59.7 Å². The molecule has 8 heteroatoms. The maximum absolute atomic E-state index is 13.0. The van der Waals surface area contributed by atoms with Crippen LogP contribution >= 0.6 is 11.6 Å². The predicted molar refractivity (Wildman–Crippen MR) is 97.7 cm³/mol. The molecule has 2 aromatic carbocycles. The van der Waals surface area contributed by atoms with Gasteiger partial charge in [-0.3, -0.25) is 4.79 Å². The third-order valence-corrected chi connectivity index (χ3v) is 3.98. The first-order valence-corrected chi connectivity index (χ1v) is 9.10. The van der Waals surface area contributed by atoms with Gasteiger partial charge in [-0.25, -0.2) is 4.79 Å². The Morgan fingerprint density at radius 3 is 2.25 bits per heavy atom. The van der Waals surface area contributed by atoms with E-state index in [2.05, 4.69) is 0 Å². The van der Waals surface area contributed by atoms with Gasteiger partial charge in [0.25, 0.3) is 0 Å². The van der Waals surface area contributed by atoms with Crippen molar-refractivity contribution >= 4 is 23.5 Å². The predicted octanol–water partition coefficient (Wildman–Crippen LogP) is 5.63. The Balaban J connectivity index is 2.03. The van der Waals surface area contributed by atoms with E-state index in [1.807, 2.05) is 0 Å². The number of alkyl halides is 4. The summed E-state index contributed by atoms with van der Waals surface area (Å²) < 4.78 is 49.3. The zero-order chi connectivity index (χ0) is 20.6. The number of rotatable bonds is 8. The lowest BCUT2D eigenvalue weighted by Crippen LogP contribution is -2.17. The van der Waals surface area contributed by atoms with E-state index < -0.39 is 29.2 Å². The molecule has 0 amide bonds. The monoisotopic (exact) mass is 414 g/mol. The topological polar surface area (TPSA) is 52.6 Å². The standard InChI is InChI=1S/C20H18ClF3O4/c21-12-5-1-2-11-18(25)27-14-7-6-8-15(13-14)28-19(26)16-9-3-4-10-17(16)20(22,23)24/h3-4,6-10,13H,1-2,5,11-12H2. The molecule has 4 nitrogen and oxygen atoms in total. The highest BCUT2D eigenvalue weighted by Crippen LogP contribution is 2.32. The van der Waals surface area contributed by atoms with Crippen LogP contribution in [0.15, 0.2) is 48.5 Å². The highest BCUT2D eigenvalue weighted by molar-refractivity contribution is 6.17. The molecule has 2 rings (SSSR count). The van der Waals surface area contributed by atoms with Crippen molar-refractivity contribution in [2.24, 2.45) is 0 Å². The van der Waals surface area contributed by atoms with Crippen LogP contribution in [-0.2, 0) is 11.0 Å². The summed E-state index contributed by atoms with van der Waals surface area (Å²) in [5.41, 5.74) is -1.68. The molecule has 0 heterocycles. The van der Waals surface area contributed by atoms with Crippen molar-refractivity contribution in [2.45, 2.75) is 31.9 Å². The summed E-state index contributed by atoms with van der Waals surface area (Å²) in [6.45, 7) is 0. The molecule has 0 aliphatic heterocycles. The van der Waals surface area contributed by atoms with Crippen molar-refractivity contribution < 1.29 is 32.2 Å². The number of benzene rings is 2. The van der Waals surface area contributed by atoms with Gasteiger partial charge in [0, 0.05) is 18.4 Å². The highest BCUT2D eigenvalue weighted by Gasteiger charge is 2.35. The molecule has 2 aromatic rings. The van der Waals surface area contributed by atoms with Crippen LogP contribution in [0.3, 0.4) is 0 Å². The fourth-order valence-corrected chi connectivity index (χ4v) is 2.58. The number of carbonyl (C=O) groups excluding carboxylic acids is 2. The summed E-state index contributed by atoms with van der Waals surface area (Å²) in [5, 5.41) is 0. The second kappa shape index (κ2) is 10.1. The molecule has 0 N–H and O–H groups in total. The van der Waals surface area contributed by atoms with Crippen molar-refractivity contribution in [3.8, 4) is 11.5 Å². The van der Waals surface area contributed by atoms with Crippen LogP contribution in [-0.4, -0.2) is 17.8 Å². The first-order valence-electron chi connectivity index (χ1n) is 8.56. The minimum atomic E-state index is -4.68. The molecule has 0 aliphatic carbocycles. The first kappa shape index (κ1) is 21.8. The van der Waals surface area contributed by atoms with Crippen LogP contribution in [0.5, 0.6) is 11.5 Å². The summed E-state index contributed by atoms with van der Waals surface area (Å²) in [6, 6.07) is 9.94. The largest absolute Gasteiger partial charge is 0.426 e. The van der Waals surface area contributed by atoms with Gasteiger partial charge in [0.2, 0.25) is 0 Å². The molecule has 0 atom stereocenters. The summed E-state index contributed by atoms with van der Waals surface area (Å²) in [5.74, 6) is -0.982. The molecule has 0 fully saturated rings. The first-order chi connectivity index (χ1) is 13.3. The maximum Gasteiger partial charge on any atom is 0.417 e. The molecule has 0 unspecified atom stereocenters. The number of ether oxygens (including phenoxy) is 2. The van der Waals surface area contributed by atoms with E-state index in [0.717, 1.165) is 25.0 Å². The summed E-state index contributed by atoms with van der Waals surface area (Å²) in [7, 11) is 0. The average Bonchev–Trinajstić information content (AvgIpc) is 2.65. The van der Waals surface area contributed by atoms with E-state index in [9.17, 15) is 22.8 Å². The fourth-order valence-electron chi connectivity index (χ4n) is 2.39. The van der Waals surface area contributed by atoms with Crippen LogP contribution in [0.2, 0.25) is 0 Å². The average molecular weight is 415 g/mol. The number of hydrogen-bond donors (Lipinski definition) is 0. The van der Waals surface area contributed by atoms with Crippen LogP contribution in [0.25, 0.3) is 0 Å². The maximum atomic E-state index is 13.0. The lowest BCUT2D eigenvalue weighted by Gasteiger charge is -2.12. The molecular formula is C20H18ClF3O4. The van der Waals surface area contributed by atoms with Gasteiger partial charge in [-0.2, -0.15) is 13.2 Å². The zero-order valence-electron chi connectivity index (χ0n) is 14.8. The quantitative estimate of drug-likeness (QED) is 0.243. The van der Waals surface area contributed by atoms with E-state index >= 15 is 0 Å². The number of halogens is 4. The third-order valence-electron chi connectivity index (χ3n) is 3.71. The second-order valence-corrected chi connectivity index (χ2v) is 6.26. The van der Waals surface area contributed by atoms with Crippen LogP contribution in [0.1, 0.15) is 41.6 Å². The number of unbranched alkanes of at least 4 members (excludes halogenated alkanes) is 2. The Bertz CT molecular complexity index is 821. The van der Waals surface area contributed by atoms with Crippen molar-refractivity contribution in [2.75, 3.05) is 5.88 Å². The molecule has 0 radical (unpaired) electrons. The van der Waals surface area contributed by atoms with Gasteiger partial charge in [-0.05, 0) is 37.1 Å². The third kappa shape index (κ3) is 6.56. The van der Waals surface area contributed by atoms with E-state index in [0.29, 0.717) is 12.3 Å². The number of hydrogen-bond acceptors (Lipinski definition) is 4. The van der Waals surface area contributed by atoms with Gasteiger partial charge >= 0.3 is 18.1 Å². The van der Waals surface area contributed by atoms with Gasteiger partial charge in [-0.15, -0.1) is 11.6 Å². The lowest BCUT2D eigenvalue weighted by molar-refractivity contribution is -0.138. The summed E-state index contributed by atoms with van der Waals surface area (Å²) in [4.78, 5) is 24.0. The molecule has 28 heavy (non-hydrogen) atoms. The molecule has 0 bridgehead atoms. The van der Waals surface area contributed by atoms with Crippen LogP contribution < -0.4 is 9.47 Å². The van der Waals surface area contributed by atoms with Gasteiger partial charge in [0.1, 0.15) is 11.5 Å². The molecular weight excluding hydrogens is 397 g/mol. The Labute approximate surface area is 165 Å². The van der Waals surface area contributed by atoms with Crippen LogP contribution in [0.4, 0.5) is 13.2 Å². The Morgan fingerprint density at radius 2 is 1.57 bits per heavy atom. The number of carbonyl (C=O) groups is 2. The van der Waals surface area contributed by atoms with E-state index in [1.165, 1.54) is 36.4 Å². The molecule has 0 saturated heterocycles. The van der Waals surface area contributed by atoms with Gasteiger partial charge in [0.05, 0.1) is 11.1 Å². The van der Waals surface area contributed by atoms with Crippen molar-refractivity contribution in [1.29, 1.82) is 0 Å². The Kier molecular flexibility index (Phi) is 7.87. The minimum absolute atomic E-state index is 0.0329. The summed E-state index contributed by atoms with van der Waals surface area (Å²) >= 11 is 5.56. The van der Waals surface area contributed by atoms with E-state index in [4.69, 9.17) is 21.1 Å². The lowest BCUT2D eigenvalue weighted by atomic mass is 10.1. The molecule has 0 aromatic heterocycles. The number of esters is 2. The minimum Gasteiger partial charge on any atom is -0.426 e. The Morgan fingerprint density at radius 1 is 0.893 bits per heavy atom. The van der Waals surface area contributed by atoms with E-state index in [1.54, 1.807) is 0 Å². The smallest absolute Gasteiger partial charge is 0.417 e. The Hall–Kier alpha value is -2.54. The highest BCUT2D eigenvalue weighted by atomic mass is 35.5. The van der Waals surface area contributed by atoms with E-state index in [-0.39, 0.29) is 17.9 Å².